The molecule has 0 aromatic carbocycles. The van der Waals surface area contributed by atoms with Crippen LogP contribution in [0.5, 0.6) is 0 Å². The van der Waals surface area contributed by atoms with Crippen molar-refractivity contribution in [1.82, 2.24) is 10.6 Å². The highest BCUT2D eigenvalue weighted by Crippen LogP contribution is 2.59. The summed E-state index contributed by atoms with van der Waals surface area (Å²) in [5.74, 6) is 2.41. The maximum absolute atomic E-state index is 11.8. The molecule has 0 aliphatic heterocycles. The van der Waals surface area contributed by atoms with Gasteiger partial charge in [0.15, 0.2) is 0 Å². The van der Waals surface area contributed by atoms with Crippen molar-refractivity contribution in [1.29, 1.82) is 0 Å². The van der Waals surface area contributed by atoms with E-state index in [2.05, 4.69) is 15.4 Å². The molecule has 4 saturated carbocycles. The molecule has 0 heterocycles. The average molecular weight is 294 g/mol. The van der Waals surface area contributed by atoms with Crippen molar-refractivity contribution >= 4 is 12.0 Å². The monoisotopic (exact) mass is 294 g/mol. The summed E-state index contributed by atoms with van der Waals surface area (Å²) < 4.78 is 4.55. The number of methoxy groups -OCH3 is 1. The van der Waals surface area contributed by atoms with Crippen molar-refractivity contribution in [3.63, 3.8) is 0 Å². The normalized spacial score (nSPS) is 36.3. The molecular formula is C16H26N2O3. The predicted octanol–water partition coefficient (Wildman–Crippen LogP) is 2.07. The van der Waals surface area contributed by atoms with E-state index < -0.39 is 0 Å². The van der Waals surface area contributed by atoms with Gasteiger partial charge in [-0.25, -0.2) is 4.79 Å². The zero-order chi connectivity index (χ0) is 14.9. The van der Waals surface area contributed by atoms with Gasteiger partial charge in [-0.2, -0.15) is 0 Å². The number of nitrogens with one attached hydrogen (secondary N) is 2. The fourth-order valence-electron chi connectivity index (χ4n) is 5.22. The molecule has 0 spiro atoms. The summed E-state index contributed by atoms with van der Waals surface area (Å²) in [6.07, 6.45) is 8.37. The molecule has 0 atom stereocenters. The standard InChI is InChI=1S/C16H26N2O3/c1-21-14(19)2-3-17-15(20)18-10-16-7-11-4-12(8-16)6-13(5-11)9-16/h11-13H,2-10H2,1H3,(H2,17,18,20). The van der Waals surface area contributed by atoms with E-state index in [4.69, 9.17) is 0 Å². The van der Waals surface area contributed by atoms with E-state index in [1.807, 2.05) is 0 Å². The highest BCUT2D eigenvalue weighted by Gasteiger charge is 2.50. The molecule has 0 radical (unpaired) electrons. The fraction of sp³-hybridized carbons (Fsp3) is 0.875. The van der Waals surface area contributed by atoms with Crippen LogP contribution >= 0.6 is 0 Å². The third-order valence-electron chi connectivity index (χ3n) is 5.63. The molecule has 4 aliphatic carbocycles. The van der Waals surface area contributed by atoms with Gasteiger partial charge in [-0.3, -0.25) is 4.79 Å². The SMILES string of the molecule is COC(=O)CCNC(=O)NCC12CC3CC(CC(C3)C1)C2. The lowest BCUT2D eigenvalue weighted by Gasteiger charge is -2.56. The second kappa shape index (κ2) is 5.85. The predicted molar refractivity (Wildman–Crippen MR) is 78.6 cm³/mol. The van der Waals surface area contributed by atoms with E-state index in [1.165, 1.54) is 45.6 Å². The summed E-state index contributed by atoms with van der Waals surface area (Å²) in [5.41, 5.74) is 0.356. The largest absolute Gasteiger partial charge is 0.469 e. The number of carbonyl (C=O) groups excluding carboxylic acids is 2. The van der Waals surface area contributed by atoms with Gasteiger partial charge in [0, 0.05) is 13.1 Å². The first-order valence-electron chi connectivity index (χ1n) is 8.17. The summed E-state index contributed by atoms with van der Waals surface area (Å²) in [6.45, 7) is 1.12. The lowest BCUT2D eigenvalue weighted by atomic mass is 9.49. The van der Waals surface area contributed by atoms with Crippen LogP contribution in [0.25, 0.3) is 0 Å². The van der Waals surface area contributed by atoms with Gasteiger partial charge in [0.05, 0.1) is 13.5 Å². The van der Waals surface area contributed by atoms with Gasteiger partial charge in [0.25, 0.3) is 0 Å². The second-order valence-corrected chi connectivity index (χ2v) is 7.35. The van der Waals surface area contributed by atoms with E-state index >= 15 is 0 Å². The third kappa shape index (κ3) is 3.33. The third-order valence-corrected chi connectivity index (χ3v) is 5.63. The van der Waals surface area contributed by atoms with Gasteiger partial charge >= 0.3 is 12.0 Å². The van der Waals surface area contributed by atoms with Crippen LogP contribution in [-0.4, -0.2) is 32.2 Å². The van der Waals surface area contributed by atoms with E-state index in [0.717, 1.165) is 24.3 Å². The quantitative estimate of drug-likeness (QED) is 0.763. The summed E-state index contributed by atoms with van der Waals surface area (Å²) in [6, 6.07) is -0.158. The van der Waals surface area contributed by atoms with E-state index in [-0.39, 0.29) is 18.4 Å². The smallest absolute Gasteiger partial charge is 0.314 e. The van der Waals surface area contributed by atoms with Crippen LogP contribution in [-0.2, 0) is 9.53 Å². The molecule has 0 aromatic rings. The Balaban J connectivity index is 1.42. The van der Waals surface area contributed by atoms with Crippen molar-refractivity contribution in [2.75, 3.05) is 20.2 Å². The van der Waals surface area contributed by atoms with Crippen LogP contribution < -0.4 is 10.6 Å². The van der Waals surface area contributed by atoms with Crippen LogP contribution in [0.1, 0.15) is 44.9 Å². The Kier molecular flexibility index (Phi) is 4.09. The molecule has 21 heavy (non-hydrogen) atoms. The molecule has 2 amide bonds. The molecule has 4 fully saturated rings. The summed E-state index contributed by atoms with van der Waals surface area (Å²) >= 11 is 0. The zero-order valence-electron chi connectivity index (χ0n) is 12.8. The van der Waals surface area contributed by atoms with Crippen molar-refractivity contribution in [3.05, 3.63) is 0 Å². The Labute approximate surface area is 126 Å². The maximum atomic E-state index is 11.8. The molecule has 0 saturated heterocycles. The summed E-state index contributed by atoms with van der Waals surface area (Å²) in [7, 11) is 1.36. The molecule has 4 bridgehead atoms. The van der Waals surface area contributed by atoms with Crippen LogP contribution in [0.2, 0.25) is 0 Å². The molecule has 118 valence electrons. The minimum absolute atomic E-state index is 0.158. The van der Waals surface area contributed by atoms with Crippen molar-refractivity contribution < 1.29 is 14.3 Å². The van der Waals surface area contributed by atoms with E-state index in [1.54, 1.807) is 0 Å². The molecule has 0 unspecified atom stereocenters. The minimum Gasteiger partial charge on any atom is -0.469 e. The minimum atomic E-state index is -0.295. The Bertz CT molecular complexity index is 386. The van der Waals surface area contributed by atoms with Crippen molar-refractivity contribution in [2.45, 2.75) is 44.9 Å². The topological polar surface area (TPSA) is 67.4 Å². The van der Waals surface area contributed by atoms with Gasteiger partial charge in [-0.05, 0) is 61.7 Å². The molecule has 5 nitrogen and oxygen atoms in total. The fourth-order valence-corrected chi connectivity index (χ4v) is 5.22. The van der Waals surface area contributed by atoms with Crippen LogP contribution in [0.3, 0.4) is 0 Å². The average Bonchev–Trinajstić information content (AvgIpc) is 2.43. The molecule has 4 aliphatic rings. The molecule has 0 aromatic heterocycles. The highest BCUT2D eigenvalue weighted by molar-refractivity contribution is 5.75. The number of urea groups is 1. The van der Waals surface area contributed by atoms with Crippen LogP contribution in [0.4, 0.5) is 4.79 Å². The summed E-state index contributed by atoms with van der Waals surface area (Å²) in [4.78, 5) is 22.8. The second-order valence-electron chi connectivity index (χ2n) is 7.35. The maximum Gasteiger partial charge on any atom is 0.314 e. The van der Waals surface area contributed by atoms with Gasteiger partial charge in [0.1, 0.15) is 0 Å². The number of esters is 1. The number of hydrogen-bond donors (Lipinski definition) is 2. The van der Waals surface area contributed by atoms with Gasteiger partial charge in [-0.1, -0.05) is 0 Å². The molecule has 2 N–H and O–H groups in total. The Hall–Kier alpha value is -1.26. The van der Waals surface area contributed by atoms with Gasteiger partial charge in [0.2, 0.25) is 0 Å². The Morgan fingerprint density at radius 3 is 2.14 bits per heavy atom. The number of hydrogen-bond acceptors (Lipinski definition) is 3. The first kappa shape index (κ1) is 14.7. The molecule has 5 heteroatoms. The van der Waals surface area contributed by atoms with Gasteiger partial charge in [-0.15, -0.1) is 0 Å². The van der Waals surface area contributed by atoms with Crippen LogP contribution in [0, 0.1) is 23.2 Å². The number of ether oxygens (including phenoxy) is 1. The zero-order valence-corrected chi connectivity index (χ0v) is 12.8. The first-order valence-corrected chi connectivity index (χ1v) is 8.17. The number of amides is 2. The van der Waals surface area contributed by atoms with Crippen molar-refractivity contribution in [3.8, 4) is 0 Å². The van der Waals surface area contributed by atoms with Gasteiger partial charge < -0.3 is 15.4 Å². The first-order chi connectivity index (χ1) is 10.1. The molecule has 4 rings (SSSR count). The summed E-state index contributed by atoms with van der Waals surface area (Å²) in [5, 5.41) is 5.76. The van der Waals surface area contributed by atoms with Crippen molar-refractivity contribution in [2.24, 2.45) is 23.2 Å². The Morgan fingerprint density at radius 2 is 1.62 bits per heavy atom. The number of rotatable bonds is 5. The van der Waals surface area contributed by atoms with Crippen LogP contribution in [0.15, 0.2) is 0 Å². The highest BCUT2D eigenvalue weighted by atomic mass is 16.5. The number of carbonyl (C=O) groups is 2. The Morgan fingerprint density at radius 1 is 1.05 bits per heavy atom. The lowest BCUT2D eigenvalue weighted by molar-refractivity contribution is -0.140. The van der Waals surface area contributed by atoms with E-state index in [9.17, 15) is 9.59 Å². The van der Waals surface area contributed by atoms with E-state index in [0.29, 0.717) is 12.0 Å². The lowest BCUT2D eigenvalue weighted by Crippen LogP contribution is -2.52. The molecular weight excluding hydrogens is 268 g/mol.